The molecule has 1 aliphatic carbocycles. The summed E-state index contributed by atoms with van der Waals surface area (Å²) in [7, 11) is 0. The highest BCUT2D eigenvalue weighted by Gasteiger charge is 2.31. The van der Waals surface area contributed by atoms with Crippen LogP contribution >= 0.6 is 0 Å². The Kier molecular flexibility index (Phi) is 4.43. The quantitative estimate of drug-likeness (QED) is 0.768. The minimum Gasteiger partial charge on any atom is -0.354 e. The van der Waals surface area contributed by atoms with Gasteiger partial charge in [0.15, 0.2) is 0 Å². The van der Waals surface area contributed by atoms with Crippen LogP contribution in [0.25, 0.3) is 0 Å². The number of hydrogen-bond acceptors (Lipinski definition) is 2. The summed E-state index contributed by atoms with van der Waals surface area (Å²) in [6.45, 7) is 7.59. The highest BCUT2D eigenvalue weighted by atomic mass is 16.2. The molecule has 1 aliphatic heterocycles. The van der Waals surface area contributed by atoms with Gasteiger partial charge in [-0.1, -0.05) is 13.8 Å². The van der Waals surface area contributed by atoms with Gasteiger partial charge in [0.05, 0.1) is 6.04 Å². The van der Waals surface area contributed by atoms with E-state index in [1.807, 2.05) is 0 Å². The third-order valence-corrected chi connectivity index (χ3v) is 3.92. The van der Waals surface area contributed by atoms with Crippen LogP contribution in [0.4, 0.5) is 0 Å². The third kappa shape index (κ3) is 3.98. The second-order valence-corrected chi connectivity index (χ2v) is 6.07. The number of nitrogens with zero attached hydrogens (tertiary/aromatic N) is 1. The molecule has 1 N–H and O–H groups in total. The summed E-state index contributed by atoms with van der Waals surface area (Å²) in [5.74, 6) is 1.79. The van der Waals surface area contributed by atoms with Crippen LogP contribution in [0.5, 0.6) is 0 Å². The zero-order valence-corrected chi connectivity index (χ0v) is 11.2. The molecule has 0 spiro atoms. The summed E-state index contributed by atoms with van der Waals surface area (Å²) in [4.78, 5) is 14.5. The summed E-state index contributed by atoms with van der Waals surface area (Å²) in [6, 6.07) is 0.160. The van der Waals surface area contributed by atoms with Crippen molar-refractivity contribution < 1.29 is 4.79 Å². The number of likely N-dealkylation sites (tertiary alicyclic amines) is 1. The molecule has 2 rings (SSSR count). The molecule has 0 bridgehead atoms. The predicted molar refractivity (Wildman–Crippen MR) is 69.8 cm³/mol. The van der Waals surface area contributed by atoms with Gasteiger partial charge in [0.25, 0.3) is 0 Å². The summed E-state index contributed by atoms with van der Waals surface area (Å²) < 4.78 is 0. The Labute approximate surface area is 105 Å². The lowest BCUT2D eigenvalue weighted by molar-refractivity contribution is -0.125. The Morgan fingerprint density at radius 2 is 2.12 bits per heavy atom. The van der Waals surface area contributed by atoms with E-state index >= 15 is 0 Å². The Balaban J connectivity index is 1.74. The van der Waals surface area contributed by atoms with Crippen LogP contribution in [0.1, 0.15) is 46.0 Å². The van der Waals surface area contributed by atoms with Gasteiger partial charge in [0.2, 0.25) is 5.91 Å². The fraction of sp³-hybridized carbons (Fsp3) is 0.929. The smallest absolute Gasteiger partial charge is 0.237 e. The van der Waals surface area contributed by atoms with Gasteiger partial charge in [-0.05, 0) is 57.0 Å². The summed E-state index contributed by atoms with van der Waals surface area (Å²) in [6.07, 6.45) is 6.05. The highest BCUT2D eigenvalue weighted by molar-refractivity contribution is 5.82. The standard InChI is InChI=1S/C14H26N2O/c1-11(2)7-9-16-8-3-4-13(16)14(17)15-10-12-5-6-12/h11-13H,3-10H2,1-2H3,(H,15,17)/t13-/m0/s1. The zero-order valence-electron chi connectivity index (χ0n) is 11.2. The van der Waals surface area contributed by atoms with Gasteiger partial charge in [-0.2, -0.15) is 0 Å². The lowest BCUT2D eigenvalue weighted by Gasteiger charge is -2.24. The molecule has 0 unspecified atom stereocenters. The molecule has 0 aromatic heterocycles. The van der Waals surface area contributed by atoms with Crippen molar-refractivity contribution in [1.82, 2.24) is 10.2 Å². The monoisotopic (exact) mass is 238 g/mol. The van der Waals surface area contributed by atoms with E-state index in [-0.39, 0.29) is 11.9 Å². The van der Waals surface area contributed by atoms with Gasteiger partial charge >= 0.3 is 0 Å². The molecule has 1 saturated heterocycles. The lowest BCUT2D eigenvalue weighted by Crippen LogP contribution is -2.44. The highest BCUT2D eigenvalue weighted by Crippen LogP contribution is 2.28. The normalized spacial score (nSPS) is 25.5. The molecule has 2 fully saturated rings. The van der Waals surface area contributed by atoms with E-state index in [2.05, 4.69) is 24.1 Å². The molecule has 3 heteroatoms. The number of rotatable bonds is 6. The number of hydrogen-bond donors (Lipinski definition) is 1. The minimum absolute atomic E-state index is 0.160. The van der Waals surface area contributed by atoms with Crippen molar-refractivity contribution in [3.8, 4) is 0 Å². The van der Waals surface area contributed by atoms with Gasteiger partial charge in [0, 0.05) is 6.54 Å². The first-order valence-corrected chi connectivity index (χ1v) is 7.18. The molecule has 2 aliphatic rings. The van der Waals surface area contributed by atoms with E-state index in [4.69, 9.17) is 0 Å². The van der Waals surface area contributed by atoms with Crippen LogP contribution in [0.2, 0.25) is 0 Å². The fourth-order valence-corrected chi connectivity index (χ4v) is 2.50. The third-order valence-electron chi connectivity index (χ3n) is 3.92. The van der Waals surface area contributed by atoms with Crippen molar-refractivity contribution in [2.75, 3.05) is 19.6 Å². The van der Waals surface area contributed by atoms with E-state index in [1.54, 1.807) is 0 Å². The topological polar surface area (TPSA) is 32.3 Å². The molecular weight excluding hydrogens is 212 g/mol. The summed E-state index contributed by atoms with van der Waals surface area (Å²) in [5, 5.41) is 3.12. The van der Waals surface area contributed by atoms with Crippen molar-refractivity contribution in [2.45, 2.75) is 52.0 Å². The van der Waals surface area contributed by atoms with Crippen molar-refractivity contribution in [2.24, 2.45) is 11.8 Å². The van der Waals surface area contributed by atoms with E-state index in [0.29, 0.717) is 0 Å². The molecule has 17 heavy (non-hydrogen) atoms. The molecule has 1 saturated carbocycles. The molecule has 1 atom stereocenters. The van der Waals surface area contributed by atoms with E-state index in [0.717, 1.165) is 37.9 Å². The van der Waals surface area contributed by atoms with Crippen molar-refractivity contribution in [1.29, 1.82) is 0 Å². The summed E-state index contributed by atoms with van der Waals surface area (Å²) >= 11 is 0. The molecule has 3 nitrogen and oxygen atoms in total. The van der Waals surface area contributed by atoms with Gasteiger partial charge in [-0.15, -0.1) is 0 Å². The first-order valence-electron chi connectivity index (χ1n) is 7.18. The predicted octanol–water partition coefficient (Wildman–Crippen LogP) is 2.02. The van der Waals surface area contributed by atoms with Gasteiger partial charge < -0.3 is 5.32 Å². The van der Waals surface area contributed by atoms with Crippen LogP contribution < -0.4 is 5.32 Å². The molecule has 0 aromatic carbocycles. The molecule has 0 radical (unpaired) electrons. The largest absolute Gasteiger partial charge is 0.354 e. The average molecular weight is 238 g/mol. The van der Waals surface area contributed by atoms with Crippen LogP contribution in [0, 0.1) is 11.8 Å². The van der Waals surface area contributed by atoms with E-state index in [9.17, 15) is 4.79 Å². The van der Waals surface area contributed by atoms with E-state index < -0.39 is 0 Å². The second-order valence-electron chi connectivity index (χ2n) is 6.07. The maximum absolute atomic E-state index is 12.1. The molecular formula is C14H26N2O. The average Bonchev–Trinajstić information content (AvgIpc) is 3.00. The number of nitrogens with one attached hydrogen (secondary N) is 1. The maximum Gasteiger partial charge on any atom is 0.237 e. The van der Waals surface area contributed by atoms with Gasteiger partial charge in [-0.25, -0.2) is 0 Å². The Morgan fingerprint density at radius 3 is 2.76 bits per heavy atom. The Bertz CT molecular complexity index is 261. The summed E-state index contributed by atoms with van der Waals surface area (Å²) in [5.41, 5.74) is 0. The first-order chi connectivity index (χ1) is 8.16. The SMILES string of the molecule is CC(C)CCN1CCC[C@H]1C(=O)NCC1CC1. The van der Waals surface area contributed by atoms with E-state index in [1.165, 1.54) is 25.7 Å². The minimum atomic E-state index is 0.160. The molecule has 1 amide bonds. The lowest BCUT2D eigenvalue weighted by atomic mass is 10.1. The number of carbonyl (C=O) groups is 1. The molecule has 98 valence electrons. The van der Waals surface area contributed by atoms with Gasteiger partial charge in [0.1, 0.15) is 0 Å². The van der Waals surface area contributed by atoms with Crippen molar-refractivity contribution >= 4 is 5.91 Å². The Hall–Kier alpha value is -0.570. The van der Waals surface area contributed by atoms with Crippen LogP contribution in [-0.2, 0) is 4.79 Å². The molecule has 0 aromatic rings. The van der Waals surface area contributed by atoms with Crippen LogP contribution in [0.15, 0.2) is 0 Å². The van der Waals surface area contributed by atoms with Crippen LogP contribution in [-0.4, -0.2) is 36.5 Å². The zero-order chi connectivity index (χ0) is 12.3. The first kappa shape index (κ1) is 12.9. The number of carbonyl (C=O) groups excluding carboxylic acids is 1. The second kappa shape index (κ2) is 5.85. The van der Waals surface area contributed by atoms with Crippen molar-refractivity contribution in [3.05, 3.63) is 0 Å². The maximum atomic E-state index is 12.1. The fourth-order valence-electron chi connectivity index (χ4n) is 2.50. The molecule has 1 heterocycles. The Morgan fingerprint density at radius 1 is 1.35 bits per heavy atom. The van der Waals surface area contributed by atoms with Crippen molar-refractivity contribution in [3.63, 3.8) is 0 Å². The van der Waals surface area contributed by atoms with Gasteiger partial charge in [-0.3, -0.25) is 9.69 Å². The van der Waals surface area contributed by atoms with Crippen LogP contribution in [0.3, 0.4) is 0 Å². The number of amides is 1.